The minimum atomic E-state index is -0.319. The van der Waals surface area contributed by atoms with E-state index in [4.69, 9.17) is 4.98 Å². The van der Waals surface area contributed by atoms with Crippen molar-refractivity contribution >= 4 is 39.1 Å². The predicted octanol–water partition coefficient (Wildman–Crippen LogP) is 5.03. The highest BCUT2D eigenvalue weighted by molar-refractivity contribution is 7.21. The van der Waals surface area contributed by atoms with Gasteiger partial charge in [0.2, 0.25) is 5.91 Å². The van der Waals surface area contributed by atoms with Gasteiger partial charge in [0.25, 0.3) is 5.91 Å². The normalized spacial score (nSPS) is 19.2. The topological polar surface area (TPSA) is 53.5 Å². The number of amides is 2. The lowest BCUT2D eigenvalue weighted by Crippen LogP contribution is -2.43. The summed E-state index contributed by atoms with van der Waals surface area (Å²) in [5.74, 6) is 0.512. The Balaban J connectivity index is 1.37. The Morgan fingerprint density at radius 2 is 1.90 bits per heavy atom. The highest BCUT2D eigenvalue weighted by atomic mass is 32.1. The molecular formula is C25H27N3O2S. The number of imide groups is 1. The highest BCUT2D eigenvalue weighted by Crippen LogP contribution is 2.35. The van der Waals surface area contributed by atoms with Crippen molar-refractivity contribution in [3.8, 4) is 10.6 Å². The average molecular weight is 434 g/mol. The zero-order valence-corrected chi connectivity index (χ0v) is 18.8. The first kappa shape index (κ1) is 20.3. The number of aromatic nitrogens is 1. The minimum Gasteiger partial charge on any atom is -0.291 e. The number of thiazole rings is 1. The van der Waals surface area contributed by atoms with Crippen LogP contribution in [0, 0.1) is 12.8 Å². The lowest BCUT2D eigenvalue weighted by molar-refractivity contribution is -0.123. The second-order valence-electron chi connectivity index (χ2n) is 8.76. The lowest BCUT2D eigenvalue weighted by Gasteiger charge is -2.26. The average Bonchev–Trinajstić information content (AvgIpc) is 3.39. The first-order valence-electron chi connectivity index (χ1n) is 11.1. The molecule has 160 valence electrons. The van der Waals surface area contributed by atoms with Gasteiger partial charge in [-0.3, -0.25) is 14.5 Å². The van der Waals surface area contributed by atoms with Crippen LogP contribution in [-0.4, -0.2) is 40.8 Å². The molecular weight excluding hydrogens is 406 g/mol. The third-order valence-electron chi connectivity index (χ3n) is 6.18. The number of aryl methyl sites for hydroxylation is 1. The summed E-state index contributed by atoms with van der Waals surface area (Å²) in [4.78, 5) is 34.3. The number of hydrogen-bond acceptors (Lipinski definition) is 5. The van der Waals surface area contributed by atoms with Gasteiger partial charge in [-0.15, -0.1) is 11.3 Å². The standard InChI is InChI=1S/C25H27N3O2S/c1-3-12-27(15-17-5-6-17)21-14-23(29)28(25(21)30)19-9-7-18(8-10-19)24-26-20-11-4-16(2)13-22(20)31-24/h4,7-11,13,17,21H,3,5-6,12,14-15H2,1-2H3/t21-/m0/s1. The van der Waals surface area contributed by atoms with Crippen LogP contribution in [-0.2, 0) is 9.59 Å². The molecule has 0 bridgehead atoms. The molecule has 2 amide bonds. The molecule has 0 radical (unpaired) electrons. The first-order chi connectivity index (χ1) is 15.0. The van der Waals surface area contributed by atoms with Crippen molar-refractivity contribution in [3.05, 3.63) is 48.0 Å². The molecule has 5 nitrogen and oxygen atoms in total. The molecule has 2 aliphatic rings. The van der Waals surface area contributed by atoms with Gasteiger partial charge < -0.3 is 0 Å². The summed E-state index contributed by atoms with van der Waals surface area (Å²) in [6.45, 7) is 6.00. The lowest BCUT2D eigenvalue weighted by atomic mass is 10.1. The quantitative estimate of drug-likeness (QED) is 0.491. The van der Waals surface area contributed by atoms with Crippen molar-refractivity contribution < 1.29 is 9.59 Å². The van der Waals surface area contributed by atoms with E-state index < -0.39 is 0 Å². The van der Waals surface area contributed by atoms with Crippen molar-refractivity contribution in [1.82, 2.24) is 9.88 Å². The zero-order valence-electron chi connectivity index (χ0n) is 18.0. The molecule has 1 saturated carbocycles. The third kappa shape index (κ3) is 4.02. The Morgan fingerprint density at radius 3 is 2.61 bits per heavy atom. The Bertz CT molecular complexity index is 1130. The van der Waals surface area contributed by atoms with Crippen LogP contribution in [0.25, 0.3) is 20.8 Å². The number of carbonyl (C=O) groups excluding carboxylic acids is 2. The molecule has 0 N–H and O–H groups in total. The number of hydrogen-bond donors (Lipinski definition) is 0. The van der Waals surface area contributed by atoms with Crippen molar-refractivity contribution in [2.24, 2.45) is 5.92 Å². The highest BCUT2D eigenvalue weighted by Gasteiger charge is 2.43. The Kier molecular flexibility index (Phi) is 5.36. The third-order valence-corrected chi connectivity index (χ3v) is 7.25. The molecule has 1 aliphatic heterocycles. The fraction of sp³-hybridized carbons (Fsp3) is 0.400. The second-order valence-corrected chi connectivity index (χ2v) is 9.79. The maximum atomic E-state index is 13.2. The van der Waals surface area contributed by atoms with Crippen molar-refractivity contribution in [1.29, 1.82) is 0 Å². The van der Waals surface area contributed by atoms with Gasteiger partial charge in [-0.1, -0.05) is 13.0 Å². The van der Waals surface area contributed by atoms with Crippen LogP contribution in [0.4, 0.5) is 5.69 Å². The van der Waals surface area contributed by atoms with E-state index in [2.05, 4.69) is 30.9 Å². The van der Waals surface area contributed by atoms with Crippen molar-refractivity contribution in [3.63, 3.8) is 0 Å². The number of anilines is 1. The smallest absolute Gasteiger partial charge is 0.251 e. The van der Waals surface area contributed by atoms with Crippen molar-refractivity contribution in [2.75, 3.05) is 18.0 Å². The van der Waals surface area contributed by atoms with E-state index in [-0.39, 0.29) is 24.3 Å². The van der Waals surface area contributed by atoms with Gasteiger partial charge in [-0.2, -0.15) is 0 Å². The fourth-order valence-corrected chi connectivity index (χ4v) is 5.44. The summed E-state index contributed by atoms with van der Waals surface area (Å²) >= 11 is 1.66. The van der Waals surface area contributed by atoms with Gasteiger partial charge in [-0.05, 0) is 80.6 Å². The number of carbonyl (C=O) groups is 2. The maximum absolute atomic E-state index is 13.2. The summed E-state index contributed by atoms with van der Waals surface area (Å²) < 4.78 is 1.17. The largest absolute Gasteiger partial charge is 0.291 e. The maximum Gasteiger partial charge on any atom is 0.251 e. The van der Waals surface area contributed by atoms with Crippen LogP contribution in [0.3, 0.4) is 0 Å². The molecule has 2 aromatic carbocycles. The van der Waals surface area contributed by atoms with E-state index in [1.54, 1.807) is 11.3 Å². The minimum absolute atomic E-state index is 0.0812. The van der Waals surface area contributed by atoms with Gasteiger partial charge in [0.15, 0.2) is 0 Å². The summed E-state index contributed by atoms with van der Waals surface area (Å²) in [6.07, 6.45) is 3.75. The molecule has 6 heteroatoms. The Hall–Kier alpha value is -2.57. The molecule has 31 heavy (non-hydrogen) atoms. The molecule has 0 spiro atoms. The van der Waals surface area contributed by atoms with Crippen LogP contribution in [0.5, 0.6) is 0 Å². The van der Waals surface area contributed by atoms with Gasteiger partial charge in [-0.25, -0.2) is 9.88 Å². The predicted molar refractivity (Wildman–Crippen MR) is 125 cm³/mol. The first-order valence-corrected chi connectivity index (χ1v) is 11.9. The van der Waals surface area contributed by atoms with E-state index >= 15 is 0 Å². The SMILES string of the molecule is CCCN(CC1CC1)[C@H]1CC(=O)N(c2ccc(-c3nc4ccc(C)cc4s3)cc2)C1=O. The summed E-state index contributed by atoms with van der Waals surface area (Å²) in [5.41, 5.74) is 3.87. The van der Waals surface area contributed by atoms with Crippen LogP contribution >= 0.6 is 11.3 Å². The molecule has 1 aromatic heterocycles. The van der Waals surface area contributed by atoms with Crippen LogP contribution in [0.2, 0.25) is 0 Å². The molecule has 1 atom stereocenters. The Labute approximate surface area is 186 Å². The van der Waals surface area contributed by atoms with Crippen molar-refractivity contribution in [2.45, 2.75) is 45.6 Å². The summed E-state index contributed by atoms with van der Waals surface area (Å²) in [7, 11) is 0. The number of fused-ring (bicyclic) bond motifs is 1. The van der Waals surface area contributed by atoms with E-state index in [1.807, 2.05) is 30.3 Å². The Morgan fingerprint density at radius 1 is 1.13 bits per heavy atom. The van der Waals surface area contributed by atoms with Crippen LogP contribution in [0.15, 0.2) is 42.5 Å². The van der Waals surface area contributed by atoms with Gasteiger partial charge in [0, 0.05) is 12.1 Å². The summed E-state index contributed by atoms with van der Waals surface area (Å²) in [5, 5.41) is 0.947. The molecule has 0 unspecified atom stereocenters. The number of rotatable bonds is 7. The van der Waals surface area contributed by atoms with Gasteiger partial charge in [0.05, 0.1) is 28.4 Å². The van der Waals surface area contributed by atoms with Gasteiger partial charge in [0.1, 0.15) is 5.01 Å². The molecule has 2 fully saturated rings. The van der Waals surface area contributed by atoms with Gasteiger partial charge >= 0.3 is 0 Å². The van der Waals surface area contributed by atoms with Crippen LogP contribution < -0.4 is 4.90 Å². The second kappa shape index (κ2) is 8.17. The number of nitrogens with zero attached hydrogens (tertiary/aromatic N) is 3. The van der Waals surface area contributed by atoms with E-state index in [9.17, 15) is 9.59 Å². The fourth-order valence-electron chi connectivity index (χ4n) is 4.37. The van der Waals surface area contributed by atoms with E-state index in [0.29, 0.717) is 11.6 Å². The van der Waals surface area contributed by atoms with Crippen LogP contribution in [0.1, 0.15) is 38.2 Å². The monoisotopic (exact) mass is 433 g/mol. The van der Waals surface area contributed by atoms with E-state index in [1.165, 1.54) is 28.0 Å². The molecule has 5 rings (SSSR count). The molecule has 1 aliphatic carbocycles. The molecule has 2 heterocycles. The van der Waals surface area contributed by atoms with E-state index in [0.717, 1.165) is 35.6 Å². The zero-order chi connectivity index (χ0) is 21.5. The molecule has 3 aromatic rings. The summed E-state index contributed by atoms with van der Waals surface area (Å²) in [6, 6.07) is 13.6. The number of benzene rings is 2. The molecule has 1 saturated heterocycles.